The molecule has 7 heteroatoms. The molecule has 0 aliphatic carbocycles. The molecule has 1 amide bonds. The van der Waals surface area contributed by atoms with Crippen molar-refractivity contribution in [2.45, 2.75) is 20.8 Å². The normalized spacial score (nSPS) is 10.6. The molecule has 2 aromatic heterocycles. The van der Waals surface area contributed by atoms with Gasteiger partial charge in [0.05, 0.1) is 12.7 Å². The van der Waals surface area contributed by atoms with Crippen molar-refractivity contribution < 1.29 is 9.53 Å². The summed E-state index contributed by atoms with van der Waals surface area (Å²) in [5.41, 5.74) is 5.49. The van der Waals surface area contributed by atoms with Gasteiger partial charge in [0.15, 0.2) is 0 Å². The molecule has 0 radical (unpaired) electrons. The zero-order valence-corrected chi connectivity index (χ0v) is 15.3. The highest BCUT2D eigenvalue weighted by molar-refractivity contribution is 7.17. The molecule has 0 saturated heterocycles. The van der Waals surface area contributed by atoms with Crippen molar-refractivity contribution in [2.24, 2.45) is 0 Å². The van der Waals surface area contributed by atoms with Crippen LogP contribution in [0.15, 0.2) is 30.5 Å². The van der Waals surface area contributed by atoms with Crippen LogP contribution in [0.25, 0.3) is 11.1 Å². The van der Waals surface area contributed by atoms with Gasteiger partial charge in [0, 0.05) is 11.9 Å². The van der Waals surface area contributed by atoms with Gasteiger partial charge in [-0.25, -0.2) is 0 Å². The van der Waals surface area contributed by atoms with Gasteiger partial charge in [-0.3, -0.25) is 15.1 Å². The highest BCUT2D eigenvalue weighted by Crippen LogP contribution is 2.29. The molecular weight excluding hydrogens is 336 g/mol. The number of rotatable bonds is 4. The van der Waals surface area contributed by atoms with Crippen molar-refractivity contribution in [1.82, 2.24) is 15.2 Å². The molecule has 3 rings (SSSR count). The number of benzene rings is 1. The average molecular weight is 354 g/mol. The second-order valence-electron chi connectivity index (χ2n) is 5.72. The maximum Gasteiger partial charge on any atom is 0.295 e. The summed E-state index contributed by atoms with van der Waals surface area (Å²) >= 11 is 1.17. The Bertz CT molecular complexity index is 937. The van der Waals surface area contributed by atoms with Crippen LogP contribution in [-0.4, -0.2) is 28.2 Å². The first-order valence-electron chi connectivity index (χ1n) is 7.71. The first-order valence-corrected chi connectivity index (χ1v) is 8.52. The van der Waals surface area contributed by atoms with Gasteiger partial charge in [0.25, 0.3) is 11.1 Å². The summed E-state index contributed by atoms with van der Waals surface area (Å²) in [6.45, 7) is 5.99. The lowest BCUT2D eigenvalue weighted by atomic mass is 9.95. The van der Waals surface area contributed by atoms with Crippen molar-refractivity contribution in [1.29, 1.82) is 0 Å². The minimum absolute atomic E-state index is 0.277. The van der Waals surface area contributed by atoms with Crippen LogP contribution in [0.2, 0.25) is 0 Å². The lowest BCUT2D eigenvalue weighted by molar-refractivity contribution is 0.102. The fourth-order valence-electron chi connectivity index (χ4n) is 2.59. The number of nitrogens with one attached hydrogen (secondary N) is 1. The van der Waals surface area contributed by atoms with E-state index < -0.39 is 0 Å². The molecule has 1 aromatic carbocycles. The maximum atomic E-state index is 12.7. The predicted octanol–water partition coefficient (Wildman–Crippen LogP) is 3.79. The lowest BCUT2D eigenvalue weighted by Crippen LogP contribution is -2.14. The number of hydrogen-bond donors (Lipinski definition) is 1. The van der Waals surface area contributed by atoms with Crippen LogP contribution >= 0.6 is 11.3 Å². The summed E-state index contributed by atoms with van der Waals surface area (Å²) in [5, 5.41) is 11.2. The molecular formula is C18H18N4O2S. The lowest BCUT2D eigenvalue weighted by Gasteiger charge is -2.12. The molecule has 0 unspecified atom stereocenters. The van der Waals surface area contributed by atoms with E-state index in [9.17, 15) is 4.79 Å². The highest BCUT2D eigenvalue weighted by Gasteiger charge is 2.17. The Morgan fingerprint density at radius 3 is 2.60 bits per heavy atom. The molecule has 0 saturated carbocycles. The van der Waals surface area contributed by atoms with Gasteiger partial charge >= 0.3 is 0 Å². The Morgan fingerprint density at radius 2 is 1.92 bits per heavy atom. The largest absolute Gasteiger partial charge is 0.472 e. The summed E-state index contributed by atoms with van der Waals surface area (Å²) in [4.78, 5) is 17.0. The topological polar surface area (TPSA) is 77.0 Å². The number of aromatic nitrogens is 3. The Kier molecular flexibility index (Phi) is 4.76. The summed E-state index contributed by atoms with van der Waals surface area (Å²) < 4.78 is 5.00. The van der Waals surface area contributed by atoms with Crippen molar-refractivity contribution in [3.8, 4) is 16.3 Å². The van der Waals surface area contributed by atoms with E-state index in [2.05, 4.69) is 26.6 Å². The van der Waals surface area contributed by atoms with Gasteiger partial charge in [-0.1, -0.05) is 28.9 Å². The number of amides is 1. The van der Waals surface area contributed by atoms with Crippen LogP contribution in [0.4, 0.5) is 5.13 Å². The first kappa shape index (κ1) is 17.0. The van der Waals surface area contributed by atoms with E-state index in [-0.39, 0.29) is 5.91 Å². The number of pyridine rings is 1. The van der Waals surface area contributed by atoms with Gasteiger partial charge in [-0.2, -0.15) is 0 Å². The molecule has 1 N–H and O–H groups in total. The molecule has 0 fully saturated rings. The van der Waals surface area contributed by atoms with Gasteiger partial charge in [-0.05, 0) is 54.9 Å². The zero-order chi connectivity index (χ0) is 18.0. The molecule has 3 aromatic rings. The van der Waals surface area contributed by atoms with Crippen molar-refractivity contribution in [3.63, 3.8) is 0 Å². The summed E-state index contributed by atoms with van der Waals surface area (Å²) in [7, 11) is 1.51. The Labute approximate surface area is 149 Å². The molecule has 25 heavy (non-hydrogen) atoms. The van der Waals surface area contributed by atoms with E-state index in [1.807, 2.05) is 39.0 Å². The molecule has 128 valence electrons. The van der Waals surface area contributed by atoms with Crippen LogP contribution in [0.3, 0.4) is 0 Å². The Hall–Kier alpha value is -2.80. The van der Waals surface area contributed by atoms with Gasteiger partial charge < -0.3 is 4.74 Å². The van der Waals surface area contributed by atoms with Crippen LogP contribution in [0.5, 0.6) is 5.19 Å². The van der Waals surface area contributed by atoms with E-state index >= 15 is 0 Å². The first-order chi connectivity index (χ1) is 12.0. The fraction of sp³-hybridized carbons (Fsp3) is 0.222. The number of ether oxygens (including phenoxy) is 1. The molecule has 0 bridgehead atoms. The molecule has 2 heterocycles. The number of anilines is 1. The third-order valence-corrected chi connectivity index (χ3v) is 4.56. The molecule has 0 spiro atoms. The van der Waals surface area contributed by atoms with Gasteiger partial charge in [0.2, 0.25) is 5.13 Å². The number of methoxy groups -OCH3 is 1. The molecule has 0 aliphatic heterocycles. The molecule has 0 atom stereocenters. The minimum Gasteiger partial charge on any atom is -0.472 e. The van der Waals surface area contributed by atoms with E-state index in [0.717, 1.165) is 22.4 Å². The number of carbonyl (C=O) groups excluding carboxylic acids is 1. The van der Waals surface area contributed by atoms with Crippen LogP contribution in [0, 0.1) is 20.8 Å². The maximum absolute atomic E-state index is 12.7. The SMILES string of the molecule is COc1nnc(NC(=O)c2cnc(C)cc2-c2ccc(C)cc2C)s1. The Morgan fingerprint density at radius 1 is 1.12 bits per heavy atom. The third kappa shape index (κ3) is 3.66. The van der Waals surface area contributed by atoms with Crippen molar-refractivity contribution in [2.75, 3.05) is 12.4 Å². The summed E-state index contributed by atoms with van der Waals surface area (Å²) in [6, 6.07) is 8.09. The van der Waals surface area contributed by atoms with Crippen molar-refractivity contribution in [3.05, 3.63) is 52.8 Å². The number of carbonyl (C=O) groups is 1. The van der Waals surface area contributed by atoms with Crippen LogP contribution in [-0.2, 0) is 0 Å². The number of hydrogen-bond acceptors (Lipinski definition) is 6. The zero-order valence-electron chi connectivity index (χ0n) is 14.5. The van der Waals surface area contributed by atoms with Crippen LogP contribution < -0.4 is 10.1 Å². The molecule has 0 aliphatic rings. The fourth-order valence-corrected chi connectivity index (χ4v) is 3.14. The standard InChI is InChI=1S/C18H18N4O2S/c1-10-5-6-13(11(2)7-10)14-8-12(3)19-9-15(14)16(23)20-17-21-22-18(24-4)25-17/h5-9H,1-4H3,(H,20,21,23). The summed E-state index contributed by atoms with van der Waals surface area (Å²) in [5.74, 6) is -0.277. The van der Waals surface area contributed by atoms with Gasteiger partial charge in [-0.15, -0.1) is 5.10 Å². The van der Waals surface area contributed by atoms with Crippen LogP contribution in [0.1, 0.15) is 27.2 Å². The van der Waals surface area contributed by atoms with Crippen molar-refractivity contribution >= 4 is 22.4 Å². The molecule has 6 nitrogen and oxygen atoms in total. The average Bonchev–Trinajstić information content (AvgIpc) is 3.02. The smallest absolute Gasteiger partial charge is 0.295 e. The number of nitrogens with zero attached hydrogens (tertiary/aromatic N) is 3. The number of aryl methyl sites for hydroxylation is 3. The second-order valence-corrected chi connectivity index (χ2v) is 6.66. The van der Waals surface area contributed by atoms with E-state index in [0.29, 0.717) is 15.9 Å². The minimum atomic E-state index is -0.277. The Balaban J connectivity index is 1.99. The van der Waals surface area contributed by atoms with Gasteiger partial charge in [0.1, 0.15) is 0 Å². The van der Waals surface area contributed by atoms with E-state index in [1.165, 1.54) is 24.0 Å². The van der Waals surface area contributed by atoms with E-state index in [4.69, 9.17) is 4.74 Å². The second kappa shape index (κ2) is 6.98. The predicted molar refractivity (Wildman–Crippen MR) is 98.3 cm³/mol. The third-order valence-electron chi connectivity index (χ3n) is 3.76. The highest BCUT2D eigenvalue weighted by atomic mass is 32.1. The summed E-state index contributed by atoms with van der Waals surface area (Å²) in [6.07, 6.45) is 1.59. The quantitative estimate of drug-likeness (QED) is 0.771. The monoisotopic (exact) mass is 354 g/mol. The van der Waals surface area contributed by atoms with E-state index in [1.54, 1.807) is 6.20 Å².